The number of aromatic nitrogens is 1. The van der Waals surface area contributed by atoms with Gasteiger partial charge >= 0.3 is 0 Å². The predicted molar refractivity (Wildman–Crippen MR) is 84.0 cm³/mol. The van der Waals surface area contributed by atoms with Crippen LogP contribution >= 0.6 is 0 Å². The number of furan rings is 1. The molecule has 0 bridgehead atoms. The molecule has 2 amide bonds. The van der Waals surface area contributed by atoms with Crippen molar-refractivity contribution in [3.63, 3.8) is 0 Å². The van der Waals surface area contributed by atoms with Gasteiger partial charge in [0.25, 0.3) is 5.91 Å². The van der Waals surface area contributed by atoms with Crippen LogP contribution in [0.2, 0.25) is 0 Å². The standard InChI is InChI=1S/C16H18N4O3/c21-12-19-3-5-20(6-4-19)14-8-13(9-17-10-14)16(22)18-11-15-2-1-7-23-15/h1-2,7-10,12H,3-6,11H2,(H,18,22). The van der Waals surface area contributed by atoms with Crippen molar-refractivity contribution in [2.75, 3.05) is 31.1 Å². The number of hydrogen-bond acceptors (Lipinski definition) is 5. The van der Waals surface area contributed by atoms with Crippen molar-refractivity contribution >= 4 is 18.0 Å². The van der Waals surface area contributed by atoms with Gasteiger partial charge in [-0.05, 0) is 18.2 Å². The fraction of sp³-hybridized carbons (Fsp3) is 0.312. The zero-order chi connectivity index (χ0) is 16.1. The van der Waals surface area contributed by atoms with Gasteiger partial charge < -0.3 is 19.5 Å². The monoisotopic (exact) mass is 314 g/mol. The molecule has 0 radical (unpaired) electrons. The molecule has 0 saturated carbocycles. The van der Waals surface area contributed by atoms with E-state index in [9.17, 15) is 9.59 Å². The second-order valence-electron chi connectivity index (χ2n) is 5.32. The van der Waals surface area contributed by atoms with Crippen LogP contribution in [0.15, 0.2) is 41.3 Å². The maximum atomic E-state index is 12.2. The molecule has 7 heteroatoms. The van der Waals surface area contributed by atoms with Crippen molar-refractivity contribution in [1.82, 2.24) is 15.2 Å². The number of anilines is 1. The van der Waals surface area contributed by atoms with Crippen LogP contribution in [-0.4, -0.2) is 48.4 Å². The number of nitrogens with zero attached hydrogens (tertiary/aromatic N) is 3. The summed E-state index contributed by atoms with van der Waals surface area (Å²) < 4.78 is 5.19. The number of hydrogen-bond donors (Lipinski definition) is 1. The second-order valence-corrected chi connectivity index (χ2v) is 5.32. The average molecular weight is 314 g/mol. The maximum Gasteiger partial charge on any atom is 0.253 e. The molecule has 7 nitrogen and oxygen atoms in total. The number of carbonyl (C=O) groups is 2. The van der Waals surface area contributed by atoms with E-state index in [0.717, 1.165) is 25.2 Å². The molecule has 3 heterocycles. The number of nitrogens with one attached hydrogen (secondary N) is 1. The first-order valence-electron chi connectivity index (χ1n) is 7.46. The fourth-order valence-corrected chi connectivity index (χ4v) is 2.49. The predicted octanol–water partition coefficient (Wildman–Crippen LogP) is 0.883. The summed E-state index contributed by atoms with van der Waals surface area (Å²) in [5, 5.41) is 2.80. The molecule has 1 aliphatic rings. The SMILES string of the molecule is O=CN1CCN(c2cncc(C(=O)NCc3ccco3)c2)CC1. The third kappa shape index (κ3) is 3.68. The Morgan fingerprint density at radius 2 is 2.13 bits per heavy atom. The Balaban J connectivity index is 1.62. The highest BCUT2D eigenvalue weighted by Crippen LogP contribution is 2.16. The number of amides is 2. The van der Waals surface area contributed by atoms with E-state index in [1.807, 2.05) is 12.1 Å². The molecule has 1 aliphatic heterocycles. The zero-order valence-electron chi connectivity index (χ0n) is 12.6. The number of pyridine rings is 1. The van der Waals surface area contributed by atoms with Crippen LogP contribution < -0.4 is 10.2 Å². The smallest absolute Gasteiger partial charge is 0.253 e. The summed E-state index contributed by atoms with van der Waals surface area (Å²) in [5.74, 6) is 0.509. The van der Waals surface area contributed by atoms with Crippen LogP contribution in [-0.2, 0) is 11.3 Å². The van der Waals surface area contributed by atoms with Crippen LogP contribution in [0.1, 0.15) is 16.1 Å². The van der Waals surface area contributed by atoms with Gasteiger partial charge in [0.1, 0.15) is 5.76 Å². The Morgan fingerprint density at radius 1 is 1.30 bits per heavy atom. The topological polar surface area (TPSA) is 78.7 Å². The van der Waals surface area contributed by atoms with Gasteiger partial charge in [-0.15, -0.1) is 0 Å². The first kappa shape index (κ1) is 15.1. The van der Waals surface area contributed by atoms with E-state index >= 15 is 0 Å². The van der Waals surface area contributed by atoms with E-state index in [2.05, 4.69) is 15.2 Å². The lowest BCUT2D eigenvalue weighted by Crippen LogP contribution is -2.45. The van der Waals surface area contributed by atoms with Gasteiger partial charge in [0.15, 0.2) is 0 Å². The van der Waals surface area contributed by atoms with Crippen molar-refractivity contribution in [3.8, 4) is 0 Å². The number of carbonyl (C=O) groups excluding carboxylic acids is 2. The Kier molecular flexibility index (Phi) is 4.56. The first-order valence-corrected chi connectivity index (χ1v) is 7.46. The fourth-order valence-electron chi connectivity index (χ4n) is 2.49. The summed E-state index contributed by atoms with van der Waals surface area (Å²) in [5.41, 5.74) is 1.40. The van der Waals surface area contributed by atoms with Gasteiger partial charge in [-0.3, -0.25) is 14.6 Å². The Bertz CT molecular complexity index is 664. The quantitative estimate of drug-likeness (QED) is 0.829. The maximum absolute atomic E-state index is 12.2. The van der Waals surface area contributed by atoms with Crippen molar-refractivity contribution in [1.29, 1.82) is 0 Å². The summed E-state index contributed by atoms with van der Waals surface area (Å²) >= 11 is 0. The molecule has 0 unspecified atom stereocenters. The van der Waals surface area contributed by atoms with Gasteiger partial charge in [-0.2, -0.15) is 0 Å². The first-order chi connectivity index (χ1) is 11.3. The molecule has 2 aromatic rings. The zero-order valence-corrected chi connectivity index (χ0v) is 12.6. The summed E-state index contributed by atoms with van der Waals surface area (Å²) in [7, 11) is 0. The lowest BCUT2D eigenvalue weighted by molar-refractivity contribution is -0.118. The van der Waals surface area contributed by atoms with E-state index < -0.39 is 0 Å². The molecule has 0 aromatic carbocycles. The molecule has 1 fully saturated rings. The molecule has 0 aliphatic carbocycles. The molecule has 2 aromatic heterocycles. The Labute approximate surface area is 133 Å². The van der Waals surface area contributed by atoms with Gasteiger partial charge in [-0.1, -0.05) is 0 Å². The van der Waals surface area contributed by atoms with Gasteiger partial charge in [0.05, 0.1) is 30.3 Å². The lowest BCUT2D eigenvalue weighted by atomic mass is 10.2. The van der Waals surface area contributed by atoms with Crippen LogP contribution in [0.5, 0.6) is 0 Å². The third-order valence-electron chi connectivity index (χ3n) is 3.82. The largest absolute Gasteiger partial charge is 0.467 e. The number of piperazine rings is 1. The molecule has 3 rings (SSSR count). The minimum Gasteiger partial charge on any atom is -0.467 e. The van der Waals surface area contributed by atoms with Crippen molar-refractivity contribution in [2.45, 2.75) is 6.54 Å². The summed E-state index contributed by atoms with van der Waals surface area (Å²) in [6.07, 6.45) is 5.72. The normalized spacial score (nSPS) is 14.6. The molecule has 1 N–H and O–H groups in total. The molecule has 0 atom stereocenters. The van der Waals surface area contributed by atoms with E-state index in [-0.39, 0.29) is 5.91 Å². The van der Waals surface area contributed by atoms with Crippen molar-refractivity contribution in [3.05, 3.63) is 48.2 Å². The van der Waals surface area contributed by atoms with Crippen molar-refractivity contribution < 1.29 is 14.0 Å². The average Bonchev–Trinajstić information content (AvgIpc) is 3.13. The Hall–Kier alpha value is -2.83. The Morgan fingerprint density at radius 3 is 2.83 bits per heavy atom. The molecule has 120 valence electrons. The van der Waals surface area contributed by atoms with Crippen LogP contribution in [0.25, 0.3) is 0 Å². The lowest BCUT2D eigenvalue weighted by Gasteiger charge is -2.34. The summed E-state index contributed by atoms with van der Waals surface area (Å²) in [6, 6.07) is 5.41. The van der Waals surface area contributed by atoms with E-state index in [0.29, 0.717) is 31.0 Å². The molecule has 1 saturated heterocycles. The van der Waals surface area contributed by atoms with E-state index in [4.69, 9.17) is 4.42 Å². The van der Waals surface area contributed by atoms with Crippen LogP contribution in [0, 0.1) is 0 Å². The van der Waals surface area contributed by atoms with Gasteiger partial charge in [-0.25, -0.2) is 0 Å². The van der Waals surface area contributed by atoms with Crippen molar-refractivity contribution in [2.24, 2.45) is 0 Å². The minimum atomic E-state index is -0.192. The highest BCUT2D eigenvalue weighted by Gasteiger charge is 2.17. The molecule has 0 spiro atoms. The molecule has 23 heavy (non-hydrogen) atoms. The minimum absolute atomic E-state index is 0.192. The molecular weight excluding hydrogens is 296 g/mol. The van der Waals surface area contributed by atoms with E-state index in [1.165, 1.54) is 0 Å². The van der Waals surface area contributed by atoms with Gasteiger partial charge in [0.2, 0.25) is 6.41 Å². The third-order valence-corrected chi connectivity index (χ3v) is 3.82. The number of rotatable bonds is 5. The molecular formula is C16H18N4O3. The van der Waals surface area contributed by atoms with E-state index in [1.54, 1.807) is 29.6 Å². The highest BCUT2D eigenvalue weighted by atomic mass is 16.3. The second kappa shape index (κ2) is 6.95. The van der Waals surface area contributed by atoms with Crippen LogP contribution in [0.3, 0.4) is 0 Å². The van der Waals surface area contributed by atoms with Gasteiger partial charge in [0, 0.05) is 32.4 Å². The highest BCUT2D eigenvalue weighted by molar-refractivity contribution is 5.94. The summed E-state index contributed by atoms with van der Waals surface area (Å²) in [4.78, 5) is 31.0. The summed E-state index contributed by atoms with van der Waals surface area (Å²) in [6.45, 7) is 3.17. The van der Waals surface area contributed by atoms with Crippen LogP contribution in [0.4, 0.5) is 5.69 Å².